The number of hydrogen-bond acceptors (Lipinski definition) is 7. The van der Waals surface area contributed by atoms with Gasteiger partial charge in [0, 0.05) is 11.6 Å². The van der Waals surface area contributed by atoms with E-state index in [0.717, 1.165) is 0 Å². The molecular weight excluding hydrogens is 304 g/mol. The molecule has 0 aromatic heterocycles. The molecule has 3 fully saturated rings. The largest absolute Gasteiger partial charge is 0.463 e. The number of hydrogen-bond donors (Lipinski definition) is 0. The molecule has 0 amide bonds. The van der Waals surface area contributed by atoms with Gasteiger partial charge in [-0.15, -0.1) is 0 Å². The first-order valence-electron chi connectivity index (χ1n) is 7.92. The second-order valence-electron chi connectivity index (χ2n) is 6.74. The fraction of sp³-hybridized carbons (Fsp3) is 0.812. The summed E-state index contributed by atoms with van der Waals surface area (Å²) in [5, 5.41) is 0. The number of rotatable bonds is 3. The Balaban J connectivity index is 1.83. The van der Waals surface area contributed by atoms with Crippen LogP contribution in [0.1, 0.15) is 34.6 Å². The summed E-state index contributed by atoms with van der Waals surface area (Å²) in [6.45, 7) is 9.74. The summed E-state index contributed by atoms with van der Waals surface area (Å²) in [7, 11) is 0. The molecule has 3 aliphatic heterocycles. The van der Waals surface area contributed by atoms with Crippen LogP contribution >= 0.6 is 0 Å². The Bertz CT molecular complexity index is 511. The predicted octanol–water partition coefficient (Wildman–Crippen LogP) is 1.50. The molecule has 7 heteroatoms. The molecule has 0 spiro atoms. The molecule has 0 N–H and O–H groups in total. The molecule has 3 saturated heterocycles. The molecule has 0 bridgehead atoms. The SMILES string of the molecule is CCOC(=O)/C=C1/[C@H]2OC(C)(C)O[C@H]2O[C@@H]1C1COC(C)(C)O1. The lowest BCUT2D eigenvalue weighted by Gasteiger charge is -2.25. The smallest absolute Gasteiger partial charge is 0.330 e. The van der Waals surface area contributed by atoms with Crippen LogP contribution in [0.2, 0.25) is 0 Å². The Morgan fingerprint density at radius 1 is 1.17 bits per heavy atom. The predicted molar refractivity (Wildman–Crippen MR) is 78.3 cm³/mol. The van der Waals surface area contributed by atoms with Gasteiger partial charge >= 0.3 is 5.97 Å². The molecule has 0 saturated carbocycles. The maximum atomic E-state index is 11.9. The van der Waals surface area contributed by atoms with E-state index in [1.807, 2.05) is 27.7 Å². The Hall–Kier alpha value is -0.990. The highest BCUT2D eigenvalue weighted by atomic mass is 16.8. The van der Waals surface area contributed by atoms with Crippen molar-refractivity contribution in [1.82, 2.24) is 0 Å². The minimum atomic E-state index is -0.764. The lowest BCUT2D eigenvalue weighted by Crippen LogP contribution is -2.35. The zero-order chi connectivity index (χ0) is 16.8. The van der Waals surface area contributed by atoms with Crippen molar-refractivity contribution in [2.75, 3.05) is 13.2 Å². The number of fused-ring (bicyclic) bond motifs is 1. The average Bonchev–Trinajstić information content (AvgIpc) is 3.01. The molecular formula is C16H24O7. The summed E-state index contributed by atoms with van der Waals surface area (Å²) in [5.41, 5.74) is 0.672. The zero-order valence-electron chi connectivity index (χ0n) is 14.2. The quantitative estimate of drug-likeness (QED) is 0.574. The van der Waals surface area contributed by atoms with Gasteiger partial charge in [0.15, 0.2) is 17.9 Å². The number of carbonyl (C=O) groups is 1. The van der Waals surface area contributed by atoms with Gasteiger partial charge in [-0.2, -0.15) is 0 Å². The molecule has 4 atom stereocenters. The summed E-state index contributed by atoms with van der Waals surface area (Å²) < 4.78 is 34.1. The van der Waals surface area contributed by atoms with Crippen molar-refractivity contribution in [2.24, 2.45) is 0 Å². The van der Waals surface area contributed by atoms with E-state index in [0.29, 0.717) is 18.8 Å². The molecule has 0 aromatic rings. The van der Waals surface area contributed by atoms with Crippen LogP contribution in [0.15, 0.2) is 11.6 Å². The van der Waals surface area contributed by atoms with Gasteiger partial charge in [-0.1, -0.05) is 0 Å². The van der Waals surface area contributed by atoms with E-state index in [4.69, 9.17) is 28.4 Å². The van der Waals surface area contributed by atoms with Crippen LogP contribution in [-0.2, 0) is 33.2 Å². The highest BCUT2D eigenvalue weighted by molar-refractivity contribution is 5.83. The molecule has 1 unspecified atom stereocenters. The van der Waals surface area contributed by atoms with Gasteiger partial charge in [-0.05, 0) is 34.6 Å². The molecule has 0 radical (unpaired) electrons. The second kappa shape index (κ2) is 5.82. The van der Waals surface area contributed by atoms with E-state index in [1.165, 1.54) is 6.08 Å². The molecule has 0 aliphatic carbocycles. The van der Waals surface area contributed by atoms with Gasteiger partial charge in [0.1, 0.15) is 18.3 Å². The summed E-state index contributed by atoms with van der Waals surface area (Å²) >= 11 is 0. The van der Waals surface area contributed by atoms with Crippen molar-refractivity contribution in [3.63, 3.8) is 0 Å². The Morgan fingerprint density at radius 3 is 2.52 bits per heavy atom. The number of esters is 1. The van der Waals surface area contributed by atoms with E-state index >= 15 is 0 Å². The Morgan fingerprint density at radius 2 is 1.91 bits per heavy atom. The summed E-state index contributed by atoms with van der Waals surface area (Å²) in [6, 6.07) is 0. The second-order valence-corrected chi connectivity index (χ2v) is 6.74. The first-order chi connectivity index (χ1) is 10.7. The van der Waals surface area contributed by atoms with Gasteiger partial charge in [-0.3, -0.25) is 0 Å². The highest BCUT2D eigenvalue weighted by Crippen LogP contribution is 2.43. The topological polar surface area (TPSA) is 72.5 Å². The maximum Gasteiger partial charge on any atom is 0.330 e. The van der Waals surface area contributed by atoms with E-state index in [-0.39, 0.29) is 6.10 Å². The van der Waals surface area contributed by atoms with E-state index in [9.17, 15) is 4.79 Å². The van der Waals surface area contributed by atoms with Crippen molar-refractivity contribution in [1.29, 1.82) is 0 Å². The molecule has 3 rings (SSSR count). The molecule has 3 aliphatic rings. The molecule has 3 heterocycles. The van der Waals surface area contributed by atoms with Crippen molar-refractivity contribution < 1.29 is 33.2 Å². The number of carbonyl (C=O) groups excluding carboxylic acids is 1. The third kappa shape index (κ3) is 3.44. The molecule has 7 nitrogen and oxygen atoms in total. The van der Waals surface area contributed by atoms with Crippen LogP contribution < -0.4 is 0 Å². The van der Waals surface area contributed by atoms with Crippen LogP contribution in [0.5, 0.6) is 0 Å². The van der Waals surface area contributed by atoms with Crippen molar-refractivity contribution >= 4 is 5.97 Å². The lowest BCUT2D eigenvalue weighted by atomic mass is 10.0. The van der Waals surface area contributed by atoms with Gasteiger partial charge < -0.3 is 28.4 Å². The molecule has 23 heavy (non-hydrogen) atoms. The van der Waals surface area contributed by atoms with Gasteiger partial charge in [0.25, 0.3) is 0 Å². The van der Waals surface area contributed by atoms with Crippen LogP contribution in [0.3, 0.4) is 0 Å². The molecule has 130 valence electrons. The van der Waals surface area contributed by atoms with Crippen LogP contribution in [0, 0.1) is 0 Å². The normalized spacial score (nSPS) is 39.6. The van der Waals surface area contributed by atoms with E-state index in [2.05, 4.69) is 0 Å². The Kier molecular flexibility index (Phi) is 4.27. The van der Waals surface area contributed by atoms with Gasteiger partial charge in [0.05, 0.1) is 13.2 Å². The standard InChI is InChI=1S/C16H24O7/c1-6-18-11(17)7-9-12(10-8-19-15(2,3)21-10)20-14-13(9)22-16(4,5)23-14/h7,10,12-14H,6,8H2,1-5H3/b9-7+/t10?,12-,13+,14+/m0/s1. The first-order valence-corrected chi connectivity index (χ1v) is 7.92. The van der Waals surface area contributed by atoms with Gasteiger partial charge in [-0.25, -0.2) is 4.79 Å². The summed E-state index contributed by atoms with van der Waals surface area (Å²) in [5.74, 6) is -1.87. The lowest BCUT2D eigenvalue weighted by molar-refractivity contribution is -0.215. The molecule has 0 aromatic carbocycles. The number of ether oxygens (including phenoxy) is 6. The maximum absolute atomic E-state index is 11.9. The van der Waals surface area contributed by atoms with Crippen molar-refractivity contribution in [3.05, 3.63) is 11.6 Å². The fourth-order valence-corrected chi connectivity index (χ4v) is 3.09. The van der Waals surface area contributed by atoms with Crippen LogP contribution in [-0.4, -0.2) is 55.4 Å². The average molecular weight is 328 g/mol. The summed E-state index contributed by atoms with van der Waals surface area (Å²) in [4.78, 5) is 11.9. The highest BCUT2D eigenvalue weighted by Gasteiger charge is 2.55. The third-order valence-electron chi connectivity index (χ3n) is 3.93. The summed E-state index contributed by atoms with van der Waals surface area (Å²) in [6.07, 6.45) is -0.383. The van der Waals surface area contributed by atoms with E-state index < -0.39 is 36.0 Å². The third-order valence-corrected chi connectivity index (χ3v) is 3.93. The van der Waals surface area contributed by atoms with Crippen LogP contribution in [0.25, 0.3) is 0 Å². The van der Waals surface area contributed by atoms with Crippen molar-refractivity contribution in [2.45, 2.75) is 70.8 Å². The minimum Gasteiger partial charge on any atom is -0.463 e. The minimum absolute atomic E-state index is 0.307. The zero-order valence-corrected chi connectivity index (χ0v) is 14.2. The fourth-order valence-electron chi connectivity index (χ4n) is 3.09. The van der Waals surface area contributed by atoms with Crippen LogP contribution in [0.4, 0.5) is 0 Å². The van der Waals surface area contributed by atoms with Gasteiger partial charge in [0.2, 0.25) is 0 Å². The van der Waals surface area contributed by atoms with Crippen molar-refractivity contribution in [3.8, 4) is 0 Å². The monoisotopic (exact) mass is 328 g/mol. The van der Waals surface area contributed by atoms with E-state index in [1.54, 1.807) is 6.92 Å². The first kappa shape index (κ1) is 16.9. The Labute approximate surface area is 135 Å².